The lowest BCUT2D eigenvalue weighted by molar-refractivity contribution is -0.137. The number of benzene rings is 2. The molecular formula is C51H70N16O10S2. The van der Waals surface area contributed by atoms with Crippen molar-refractivity contribution in [2.75, 3.05) is 18.1 Å². The van der Waals surface area contributed by atoms with Gasteiger partial charge in [0.05, 0.1) is 6.33 Å². The summed E-state index contributed by atoms with van der Waals surface area (Å²) in [5.41, 5.74) is 13.4. The molecule has 3 heterocycles. The number of aromatic nitrogens is 3. The number of urea groups is 1. The van der Waals surface area contributed by atoms with E-state index in [2.05, 4.69) is 88.1 Å². The summed E-state index contributed by atoms with van der Waals surface area (Å²) in [5.74, 6) is -7.94. The first-order valence-corrected chi connectivity index (χ1v) is 26.9. The number of primary amides is 1. The highest BCUT2D eigenvalue weighted by Gasteiger charge is 2.43. The van der Waals surface area contributed by atoms with Gasteiger partial charge in [-0.1, -0.05) is 68.3 Å². The number of amides is 11. The molecule has 9 atom stereocenters. The molecule has 2 aromatic carbocycles. The summed E-state index contributed by atoms with van der Waals surface area (Å²) in [5, 5.41) is 32.0. The number of para-hydroxylation sites is 1. The van der Waals surface area contributed by atoms with E-state index in [9.17, 15) is 47.9 Å². The number of aromatic amines is 2. The third kappa shape index (κ3) is 18.0. The van der Waals surface area contributed by atoms with E-state index in [1.807, 2.05) is 25.1 Å². The quantitative estimate of drug-likeness (QED) is 0.00893. The van der Waals surface area contributed by atoms with Crippen molar-refractivity contribution in [2.45, 2.75) is 127 Å². The molecule has 28 heteroatoms. The zero-order valence-corrected chi connectivity index (χ0v) is 45.7. The van der Waals surface area contributed by atoms with Crippen LogP contribution in [0, 0.1) is 5.41 Å². The maximum Gasteiger partial charge on any atom is 0.325 e. The van der Waals surface area contributed by atoms with Crippen LogP contribution in [0.2, 0.25) is 0 Å². The lowest BCUT2D eigenvalue weighted by Crippen LogP contribution is -2.61. The topological polar surface area (TPSA) is 403 Å². The van der Waals surface area contributed by atoms with Gasteiger partial charge in [-0.15, -0.1) is 0 Å². The number of nitrogens with one attached hydrogen (secondary N) is 12. The minimum absolute atomic E-state index is 0.0697. The first-order valence-electron chi connectivity index (χ1n) is 25.7. The molecule has 16 N–H and O–H groups in total. The Kier molecular flexibility index (Phi) is 23.5. The number of unbranched alkanes of at least 4 members (excludes halogenated alkanes) is 1. The molecule has 0 radical (unpaired) electrons. The number of nitrogens with zero attached hydrogens (tertiary/aromatic N) is 2. The van der Waals surface area contributed by atoms with Crippen LogP contribution in [0.5, 0.6) is 0 Å². The number of imidazole rings is 1. The third-order valence-electron chi connectivity index (χ3n) is 12.9. The number of carbonyl (C=O) groups is 10. The first kappa shape index (κ1) is 61.7. The minimum Gasteiger partial charge on any atom is -0.370 e. The molecule has 5 rings (SSSR count). The lowest BCUT2D eigenvalue weighted by Gasteiger charge is -2.28. The maximum absolute atomic E-state index is 14.7. The molecule has 1 aliphatic heterocycles. The van der Waals surface area contributed by atoms with Gasteiger partial charge in [0.15, 0.2) is 5.96 Å². The van der Waals surface area contributed by atoms with E-state index in [0.717, 1.165) is 15.8 Å². The molecule has 11 amide bonds. The highest BCUT2D eigenvalue weighted by atomic mass is 32.1. The molecule has 1 saturated heterocycles. The number of rotatable bonds is 31. The number of nitrogens with two attached hydrogens (primary N) is 2. The van der Waals surface area contributed by atoms with Crippen LogP contribution in [0.4, 0.5) is 4.79 Å². The number of thiol groups is 2. The van der Waals surface area contributed by atoms with Crippen LogP contribution in [0.25, 0.3) is 10.9 Å². The van der Waals surface area contributed by atoms with Gasteiger partial charge < -0.3 is 69.3 Å². The predicted molar refractivity (Wildman–Crippen MR) is 298 cm³/mol. The van der Waals surface area contributed by atoms with Gasteiger partial charge in [0, 0.05) is 66.3 Å². The van der Waals surface area contributed by atoms with Crippen LogP contribution in [0.1, 0.15) is 69.7 Å². The fourth-order valence-electron chi connectivity index (χ4n) is 8.54. The molecule has 79 heavy (non-hydrogen) atoms. The molecule has 4 aromatic rings. The maximum atomic E-state index is 14.7. The van der Waals surface area contributed by atoms with Gasteiger partial charge in [-0.05, 0) is 50.3 Å². The zero-order chi connectivity index (χ0) is 57.8. The monoisotopic (exact) mass is 1130 g/mol. The zero-order valence-electron chi connectivity index (χ0n) is 43.9. The van der Waals surface area contributed by atoms with Crippen LogP contribution in [-0.4, -0.2) is 157 Å². The normalized spacial score (nSPS) is 16.1. The number of H-pyrrole nitrogens is 2. The van der Waals surface area contributed by atoms with Crippen molar-refractivity contribution in [3.63, 3.8) is 0 Å². The summed E-state index contributed by atoms with van der Waals surface area (Å²) in [6, 6.07) is 3.67. The first-order chi connectivity index (χ1) is 37.7. The number of guanidine groups is 1. The summed E-state index contributed by atoms with van der Waals surface area (Å²) in [4.78, 5) is 147. The van der Waals surface area contributed by atoms with E-state index in [0.29, 0.717) is 29.7 Å². The van der Waals surface area contributed by atoms with Crippen LogP contribution >= 0.6 is 25.3 Å². The third-order valence-corrected chi connectivity index (χ3v) is 13.6. The smallest absolute Gasteiger partial charge is 0.325 e. The Balaban J connectivity index is 1.37. The Labute approximate surface area is 466 Å². The molecule has 0 saturated carbocycles. The second-order valence-electron chi connectivity index (χ2n) is 18.9. The van der Waals surface area contributed by atoms with Crippen LogP contribution in [0.3, 0.4) is 0 Å². The lowest BCUT2D eigenvalue weighted by atomic mass is 10.0. The molecule has 0 aliphatic carbocycles. The average molecular weight is 1130 g/mol. The molecule has 426 valence electrons. The van der Waals surface area contributed by atoms with E-state index in [-0.39, 0.29) is 62.5 Å². The largest absolute Gasteiger partial charge is 0.370 e. The van der Waals surface area contributed by atoms with E-state index in [1.165, 1.54) is 26.4 Å². The number of imide groups is 1. The fourth-order valence-corrected chi connectivity index (χ4v) is 9.07. The van der Waals surface area contributed by atoms with Gasteiger partial charge in [0.2, 0.25) is 47.3 Å². The number of hydrogen-bond donors (Lipinski definition) is 16. The minimum atomic E-state index is -1.42. The van der Waals surface area contributed by atoms with Gasteiger partial charge in [0.25, 0.3) is 5.91 Å². The van der Waals surface area contributed by atoms with Crippen molar-refractivity contribution in [3.8, 4) is 0 Å². The van der Waals surface area contributed by atoms with Crippen molar-refractivity contribution in [3.05, 3.63) is 90.1 Å². The number of fused-ring (bicyclic) bond motifs is 1. The Hall–Kier alpha value is -8.14. The van der Waals surface area contributed by atoms with Crippen molar-refractivity contribution < 1.29 is 47.9 Å². The van der Waals surface area contributed by atoms with Gasteiger partial charge in [0.1, 0.15) is 54.4 Å². The second kappa shape index (κ2) is 30.1. The molecule has 1 aliphatic rings. The standard InChI is InChI=1S/C51H70N16O10S2/c1-4-5-17-40(67-49(76)28(3)60-51(67)77)48(75)66-39(25-79)47(74)59-27(2)42(69)62-37(21-31-23-55-26-58-31)46(73)63-35(19-29-12-7-6-8-13-29)44(71)61-34(16-11-18-56-50(53)54)43(70)64-36(45(72)65-38(24-78)41(52)68)20-30-22-57-33-15-10-9-14-32(30)33/h6-10,12-15,22-23,26-28,34-40,57,78-79H,4-5,11,16-21,24-25H2,1-3H3,(H2,52,68)(H,55,58)(H,59,74)(H,60,77)(H,61,71)(H,62,69)(H,63,73)(H,64,70)(H,65,72)(H,66,75)(H4,53,54,56)/t27-,28-,34+,35-,36+,37+,38+,39+,40+/m1/s1. The Morgan fingerprint density at radius 2 is 1.25 bits per heavy atom. The molecule has 0 bridgehead atoms. The summed E-state index contributed by atoms with van der Waals surface area (Å²) in [6.45, 7) is 4.80. The fraction of sp³-hybridized carbons (Fsp3) is 0.451. The Bertz CT molecular complexity index is 2800. The predicted octanol–water partition coefficient (Wildman–Crippen LogP) is -1.56. The molecular weight excluding hydrogens is 1060 g/mol. The van der Waals surface area contributed by atoms with E-state index >= 15 is 0 Å². The molecule has 1 fully saturated rings. The van der Waals surface area contributed by atoms with E-state index in [4.69, 9.17) is 16.9 Å². The van der Waals surface area contributed by atoms with Gasteiger partial charge in [-0.3, -0.25) is 48.6 Å². The van der Waals surface area contributed by atoms with Crippen molar-refractivity contribution in [1.82, 2.24) is 67.7 Å². The summed E-state index contributed by atoms with van der Waals surface area (Å²) >= 11 is 8.39. The molecule has 0 spiro atoms. The molecule has 2 aromatic heterocycles. The van der Waals surface area contributed by atoms with Crippen molar-refractivity contribution >= 4 is 101 Å². The van der Waals surface area contributed by atoms with Gasteiger partial charge >= 0.3 is 6.03 Å². The van der Waals surface area contributed by atoms with E-state index < -0.39 is 114 Å². The highest BCUT2D eigenvalue weighted by Crippen LogP contribution is 2.20. The summed E-state index contributed by atoms with van der Waals surface area (Å²) in [6.07, 6.45) is 5.43. The van der Waals surface area contributed by atoms with Crippen LogP contribution in [0.15, 0.2) is 73.3 Å². The van der Waals surface area contributed by atoms with Gasteiger partial charge in [-0.2, -0.15) is 25.3 Å². The second-order valence-corrected chi connectivity index (χ2v) is 19.6. The highest BCUT2D eigenvalue weighted by molar-refractivity contribution is 7.80. The van der Waals surface area contributed by atoms with E-state index in [1.54, 1.807) is 42.6 Å². The number of hydrogen-bond acceptors (Lipinski definition) is 14. The Morgan fingerprint density at radius 1 is 0.684 bits per heavy atom. The summed E-state index contributed by atoms with van der Waals surface area (Å²) < 4.78 is 0. The SMILES string of the molecule is CCCC[C@@H](C(=O)N[C@@H](CS)C(=O)N[C@H](C)C(=O)N[C@@H](Cc1cnc[nH]1)C(=O)N[C@H](Cc1ccccc1)C(=O)N[C@@H](CCCNC(=N)N)C(=O)N[C@@H](Cc1c[nH]c2ccccc12)C(=O)N[C@@H](CS)C(N)=O)N1C(=O)N[C@H](C)C1=O. The average Bonchev–Trinajstić information content (AvgIpc) is 4.23. The summed E-state index contributed by atoms with van der Waals surface area (Å²) in [7, 11) is 0. The molecule has 26 nitrogen and oxygen atoms in total. The Morgan fingerprint density at radius 3 is 1.85 bits per heavy atom. The van der Waals surface area contributed by atoms with Crippen LogP contribution in [-0.2, 0) is 62.4 Å². The molecule has 0 unspecified atom stereocenters. The van der Waals surface area contributed by atoms with Crippen molar-refractivity contribution in [2.24, 2.45) is 11.5 Å². The van der Waals surface area contributed by atoms with Crippen molar-refractivity contribution in [1.29, 1.82) is 5.41 Å². The number of carbonyl (C=O) groups excluding carboxylic acids is 10. The van der Waals surface area contributed by atoms with Crippen LogP contribution < -0.4 is 59.3 Å². The van der Waals surface area contributed by atoms with Gasteiger partial charge in [-0.25, -0.2) is 14.7 Å².